The molecule has 1 saturated heterocycles. The van der Waals surface area contributed by atoms with Crippen LogP contribution in [0.25, 0.3) is 0 Å². The molecule has 1 fully saturated rings. The van der Waals surface area contributed by atoms with Gasteiger partial charge in [0.1, 0.15) is 5.82 Å². The van der Waals surface area contributed by atoms with Gasteiger partial charge < -0.3 is 25.0 Å². The van der Waals surface area contributed by atoms with E-state index >= 15 is 0 Å². The Morgan fingerprint density at radius 3 is 2.46 bits per heavy atom. The Labute approximate surface area is 165 Å². The normalized spacial score (nSPS) is 14.0. The Morgan fingerprint density at radius 2 is 1.75 bits per heavy atom. The molecule has 3 heterocycles. The lowest BCUT2D eigenvalue weighted by Gasteiger charge is -2.29. The van der Waals surface area contributed by atoms with Crippen LogP contribution in [0.3, 0.4) is 0 Å². The number of carbonyl (C=O) groups excluding carboxylic acids is 1. The average molecular weight is 385 g/mol. The molecular weight excluding hydrogens is 358 g/mol. The van der Waals surface area contributed by atoms with Crippen LogP contribution in [0.15, 0.2) is 36.7 Å². The summed E-state index contributed by atoms with van der Waals surface area (Å²) in [4.78, 5) is 23.2. The molecule has 0 radical (unpaired) electrons. The summed E-state index contributed by atoms with van der Waals surface area (Å²) in [5.41, 5.74) is 1.81. The fourth-order valence-corrected chi connectivity index (χ4v) is 2.93. The minimum absolute atomic E-state index is 0.0201. The van der Waals surface area contributed by atoms with Gasteiger partial charge in [-0.15, -0.1) is 0 Å². The minimum atomic E-state index is -0.254. The summed E-state index contributed by atoms with van der Waals surface area (Å²) in [6, 6.07) is 7.32. The first-order valence-corrected chi connectivity index (χ1v) is 9.52. The molecule has 150 valence electrons. The Hall–Kier alpha value is -2.87. The van der Waals surface area contributed by atoms with Crippen LogP contribution in [0.4, 0.5) is 10.6 Å². The molecule has 0 unspecified atom stereocenters. The van der Waals surface area contributed by atoms with E-state index in [0.29, 0.717) is 32.2 Å². The lowest BCUT2D eigenvalue weighted by Crippen LogP contribution is -2.38. The van der Waals surface area contributed by atoms with Crippen LogP contribution >= 0.6 is 0 Å². The van der Waals surface area contributed by atoms with Gasteiger partial charge in [0, 0.05) is 49.7 Å². The number of hydrogen-bond donors (Lipinski definition) is 2. The second-order valence-corrected chi connectivity index (χ2v) is 6.76. The first-order chi connectivity index (χ1) is 13.6. The number of rotatable bonds is 7. The highest BCUT2D eigenvalue weighted by molar-refractivity contribution is 5.74. The van der Waals surface area contributed by atoms with E-state index in [4.69, 9.17) is 9.47 Å². The number of aromatic nitrogens is 2. The van der Waals surface area contributed by atoms with Crippen LogP contribution in [0.5, 0.6) is 5.88 Å². The van der Waals surface area contributed by atoms with Crippen molar-refractivity contribution in [3.05, 3.63) is 47.8 Å². The molecule has 0 bridgehead atoms. The van der Waals surface area contributed by atoms with Gasteiger partial charge in [-0.05, 0) is 26.0 Å². The number of pyridine rings is 2. The second kappa shape index (κ2) is 9.89. The van der Waals surface area contributed by atoms with Crippen molar-refractivity contribution in [1.82, 2.24) is 20.6 Å². The van der Waals surface area contributed by atoms with Gasteiger partial charge >= 0.3 is 6.03 Å². The lowest BCUT2D eigenvalue weighted by atomic mass is 10.2. The van der Waals surface area contributed by atoms with E-state index in [0.717, 1.165) is 30.0 Å². The van der Waals surface area contributed by atoms with Crippen molar-refractivity contribution in [2.45, 2.75) is 33.0 Å². The maximum absolute atomic E-state index is 12.3. The number of carbonyl (C=O) groups is 1. The minimum Gasteiger partial charge on any atom is -0.475 e. The maximum atomic E-state index is 12.3. The van der Waals surface area contributed by atoms with Crippen molar-refractivity contribution in [2.24, 2.45) is 0 Å². The second-order valence-electron chi connectivity index (χ2n) is 6.76. The SMILES string of the molecule is CC(C)Oc1ncccc1CNC(=O)NCc1cccnc1N1CCOCC1. The third kappa shape index (κ3) is 5.56. The van der Waals surface area contributed by atoms with Crippen LogP contribution in [0.2, 0.25) is 0 Å². The molecule has 0 aliphatic carbocycles. The summed E-state index contributed by atoms with van der Waals surface area (Å²) in [7, 11) is 0. The zero-order valence-electron chi connectivity index (χ0n) is 16.4. The molecule has 8 heteroatoms. The molecule has 2 N–H and O–H groups in total. The van der Waals surface area contributed by atoms with E-state index in [-0.39, 0.29) is 12.1 Å². The predicted octanol–water partition coefficient (Wildman–Crippen LogP) is 2.10. The molecule has 1 aliphatic heterocycles. The Morgan fingerprint density at radius 1 is 1.11 bits per heavy atom. The largest absolute Gasteiger partial charge is 0.475 e. The predicted molar refractivity (Wildman–Crippen MR) is 106 cm³/mol. The van der Waals surface area contributed by atoms with Crippen LogP contribution in [-0.4, -0.2) is 48.4 Å². The summed E-state index contributed by atoms with van der Waals surface area (Å²) in [5, 5.41) is 5.76. The zero-order valence-corrected chi connectivity index (χ0v) is 16.4. The number of morpholine rings is 1. The molecular formula is C20H27N5O3. The highest BCUT2D eigenvalue weighted by Gasteiger charge is 2.16. The Balaban J connectivity index is 1.54. The lowest BCUT2D eigenvalue weighted by molar-refractivity contribution is 0.122. The molecule has 0 atom stereocenters. The smallest absolute Gasteiger partial charge is 0.315 e. The van der Waals surface area contributed by atoms with Crippen LogP contribution < -0.4 is 20.3 Å². The number of nitrogens with zero attached hydrogens (tertiary/aromatic N) is 3. The fraction of sp³-hybridized carbons (Fsp3) is 0.450. The first-order valence-electron chi connectivity index (χ1n) is 9.52. The topological polar surface area (TPSA) is 88.6 Å². The Bertz CT molecular complexity index is 778. The number of amides is 2. The third-order valence-corrected chi connectivity index (χ3v) is 4.25. The van der Waals surface area contributed by atoms with Crippen molar-refractivity contribution in [3.8, 4) is 5.88 Å². The number of nitrogens with one attached hydrogen (secondary N) is 2. The van der Waals surface area contributed by atoms with E-state index < -0.39 is 0 Å². The maximum Gasteiger partial charge on any atom is 0.315 e. The summed E-state index contributed by atoms with van der Waals surface area (Å²) in [6.07, 6.45) is 3.47. The molecule has 1 aliphatic rings. The average Bonchev–Trinajstić information content (AvgIpc) is 2.72. The van der Waals surface area contributed by atoms with Crippen LogP contribution in [0, 0.1) is 0 Å². The van der Waals surface area contributed by atoms with Gasteiger partial charge in [0.25, 0.3) is 0 Å². The van der Waals surface area contributed by atoms with Gasteiger partial charge in [0.15, 0.2) is 0 Å². The summed E-state index contributed by atoms with van der Waals surface area (Å²) >= 11 is 0. The number of ether oxygens (including phenoxy) is 2. The zero-order chi connectivity index (χ0) is 19.8. The quantitative estimate of drug-likeness (QED) is 0.759. The summed E-state index contributed by atoms with van der Waals surface area (Å²) < 4.78 is 11.1. The van der Waals surface area contributed by atoms with Crippen molar-refractivity contribution < 1.29 is 14.3 Å². The standard InChI is InChI=1S/C20H27N5O3/c1-15(2)28-19-17(6-4-8-22-19)14-24-20(26)23-13-16-5-3-7-21-18(16)25-9-11-27-12-10-25/h3-8,15H,9-14H2,1-2H3,(H2,23,24,26). The van der Waals surface area contributed by atoms with Crippen molar-refractivity contribution in [3.63, 3.8) is 0 Å². The fourth-order valence-electron chi connectivity index (χ4n) is 2.93. The van der Waals surface area contributed by atoms with Gasteiger partial charge in [-0.2, -0.15) is 0 Å². The molecule has 0 saturated carbocycles. The van der Waals surface area contributed by atoms with E-state index in [2.05, 4.69) is 25.5 Å². The molecule has 2 aromatic rings. The number of anilines is 1. The van der Waals surface area contributed by atoms with Crippen molar-refractivity contribution in [1.29, 1.82) is 0 Å². The van der Waals surface area contributed by atoms with E-state index in [1.807, 2.05) is 38.1 Å². The number of urea groups is 1. The van der Waals surface area contributed by atoms with Crippen LogP contribution in [-0.2, 0) is 17.8 Å². The monoisotopic (exact) mass is 385 g/mol. The van der Waals surface area contributed by atoms with Gasteiger partial charge in [-0.1, -0.05) is 12.1 Å². The van der Waals surface area contributed by atoms with Gasteiger partial charge in [0.05, 0.1) is 19.3 Å². The van der Waals surface area contributed by atoms with Gasteiger partial charge in [-0.3, -0.25) is 0 Å². The van der Waals surface area contributed by atoms with E-state index in [1.54, 1.807) is 12.4 Å². The number of hydrogen-bond acceptors (Lipinski definition) is 6. The highest BCUT2D eigenvalue weighted by atomic mass is 16.5. The van der Waals surface area contributed by atoms with Gasteiger partial charge in [-0.25, -0.2) is 14.8 Å². The van der Waals surface area contributed by atoms with E-state index in [9.17, 15) is 4.79 Å². The van der Waals surface area contributed by atoms with Gasteiger partial charge in [0.2, 0.25) is 5.88 Å². The third-order valence-electron chi connectivity index (χ3n) is 4.25. The van der Waals surface area contributed by atoms with Crippen molar-refractivity contribution >= 4 is 11.8 Å². The Kier molecular flexibility index (Phi) is 7.02. The summed E-state index contributed by atoms with van der Waals surface area (Å²) in [6.45, 7) is 7.61. The molecule has 28 heavy (non-hydrogen) atoms. The molecule has 0 spiro atoms. The molecule has 0 aromatic carbocycles. The molecule has 8 nitrogen and oxygen atoms in total. The van der Waals surface area contributed by atoms with Crippen molar-refractivity contribution in [2.75, 3.05) is 31.2 Å². The van der Waals surface area contributed by atoms with E-state index in [1.165, 1.54) is 0 Å². The summed E-state index contributed by atoms with van der Waals surface area (Å²) in [5.74, 6) is 1.44. The molecule has 3 rings (SSSR count). The molecule has 2 aromatic heterocycles. The molecule has 2 amide bonds. The first kappa shape index (κ1) is 19.9. The van der Waals surface area contributed by atoms with Crippen LogP contribution in [0.1, 0.15) is 25.0 Å². The highest BCUT2D eigenvalue weighted by Crippen LogP contribution is 2.18.